The van der Waals surface area contributed by atoms with E-state index in [2.05, 4.69) is 5.10 Å². The Kier molecular flexibility index (Phi) is 3.68. The highest BCUT2D eigenvalue weighted by Gasteiger charge is 2.12. The summed E-state index contributed by atoms with van der Waals surface area (Å²) in [5.74, 6) is -0.549. The molecule has 1 aromatic heterocycles. The number of aromatic nitrogens is 2. The summed E-state index contributed by atoms with van der Waals surface area (Å²) in [6, 6.07) is -0.761. The van der Waals surface area contributed by atoms with E-state index < -0.39 is 12.0 Å². The minimum Gasteiger partial charge on any atom is -0.488 e. The molecule has 6 heteroatoms. The fourth-order valence-electron chi connectivity index (χ4n) is 0.935. The van der Waals surface area contributed by atoms with Crippen LogP contribution >= 0.6 is 0 Å². The maximum absolute atomic E-state index is 10.4. The lowest BCUT2D eigenvalue weighted by atomic mass is 10.3. The molecule has 0 aliphatic heterocycles. The highest BCUT2D eigenvalue weighted by Crippen LogP contribution is 2.12. The molecule has 0 aliphatic rings. The van der Waals surface area contributed by atoms with Crippen molar-refractivity contribution < 1.29 is 14.6 Å². The van der Waals surface area contributed by atoms with E-state index in [1.54, 1.807) is 10.9 Å². The molecule has 0 bridgehead atoms. The van der Waals surface area contributed by atoms with Gasteiger partial charge in [0.15, 0.2) is 5.75 Å². The van der Waals surface area contributed by atoms with Gasteiger partial charge in [0.05, 0.1) is 12.4 Å². The number of nitrogens with two attached hydrogens (primary N) is 1. The molecule has 1 heterocycles. The first-order valence-corrected chi connectivity index (χ1v) is 4.66. The second-order valence-corrected chi connectivity index (χ2v) is 3.51. The molecule has 1 unspecified atom stereocenters. The number of rotatable bonds is 5. The van der Waals surface area contributed by atoms with Gasteiger partial charge in [0.1, 0.15) is 12.6 Å². The van der Waals surface area contributed by atoms with E-state index in [-0.39, 0.29) is 12.6 Å². The molecule has 84 valence electrons. The van der Waals surface area contributed by atoms with E-state index >= 15 is 0 Å². The molecule has 1 rings (SSSR count). The van der Waals surface area contributed by atoms with Crippen molar-refractivity contribution in [2.75, 3.05) is 6.61 Å². The van der Waals surface area contributed by atoms with Crippen LogP contribution in [0, 0.1) is 0 Å². The molecule has 6 nitrogen and oxygen atoms in total. The van der Waals surface area contributed by atoms with Crippen molar-refractivity contribution in [2.24, 2.45) is 5.73 Å². The maximum Gasteiger partial charge on any atom is 0.324 e. The second kappa shape index (κ2) is 4.79. The maximum atomic E-state index is 10.4. The predicted octanol–water partition coefficient (Wildman–Crippen LogP) is 0.255. The predicted molar refractivity (Wildman–Crippen MR) is 53.7 cm³/mol. The molecular formula is C9H15N3O3. The van der Waals surface area contributed by atoms with Gasteiger partial charge in [-0.25, -0.2) is 0 Å². The minimum atomic E-state index is -1.08. The Balaban J connectivity index is 2.47. The van der Waals surface area contributed by atoms with Crippen molar-refractivity contribution >= 4 is 5.97 Å². The highest BCUT2D eigenvalue weighted by molar-refractivity contribution is 5.73. The Labute approximate surface area is 87.6 Å². The summed E-state index contributed by atoms with van der Waals surface area (Å²) in [5, 5.41) is 12.6. The summed E-state index contributed by atoms with van der Waals surface area (Å²) in [6.45, 7) is 3.92. The van der Waals surface area contributed by atoms with Gasteiger partial charge in [-0.3, -0.25) is 9.48 Å². The molecule has 0 saturated heterocycles. The van der Waals surface area contributed by atoms with Crippen LogP contribution in [-0.2, 0) is 4.79 Å². The van der Waals surface area contributed by atoms with Crippen molar-refractivity contribution in [3.63, 3.8) is 0 Å². The fraction of sp³-hybridized carbons (Fsp3) is 0.556. The molecule has 1 aromatic rings. The van der Waals surface area contributed by atoms with Gasteiger partial charge in [-0.1, -0.05) is 0 Å². The van der Waals surface area contributed by atoms with Crippen molar-refractivity contribution in [2.45, 2.75) is 25.9 Å². The number of carbonyl (C=O) groups is 1. The summed E-state index contributed by atoms with van der Waals surface area (Å²) in [4.78, 5) is 10.4. The number of carboxylic acids is 1. The number of carboxylic acid groups (broad SMARTS) is 1. The molecule has 0 fully saturated rings. The average Bonchev–Trinajstić information content (AvgIpc) is 2.62. The molecule has 0 saturated carbocycles. The Bertz CT molecular complexity index is 335. The first kappa shape index (κ1) is 11.5. The molecule has 0 aromatic carbocycles. The van der Waals surface area contributed by atoms with Gasteiger partial charge < -0.3 is 15.6 Å². The first-order chi connectivity index (χ1) is 7.00. The van der Waals surface area contributed by atoms with Crippen LogP contribution in [0.5, 0.6) is 5.75 Å². The van der Waals surface area contributed by atoms with Gasteiger partial charge in [0, 0.05) is 6.04 Å². The normalized spacial score (nSPS) is 12.8. The highest BCUT2D eigenvalue weighted by atomic mass is 16.5. The minimum absolute atomic E-state index is 0.0564. The third kappa shape index (κ3) is 3.25. The molecule has 0 aliphatic carbocycles. The first-order valence-electron chi connectivity index (χ1n) is 4.66. The zero-order valence-corrected chi connectivity index (χ0v) is 8.75. The van der Waals surface area contributed by atoms with Gasteiger partial charge in [0.25, 0.3) is 0 Å². The smallest absolute Gasteiger partial charge is 0.324 e. The van der Waals surface area contributed by atoms with Crippen LogP contribution in [0.15, 0.2) is 12.4 Å². The van der Waals surface area contributed by atoms with E-state index in [0.29, 0.717) is 5.75 Å². The summed E-state index contributed by atoms with van der Waals surface area (Å²) in [6.07, 6.45) is 3.24. The third-order valence-corrected chi connectivity index (χ3v) is 1.85. The summed E-state index contributed by atoms with van der Waals surface area (Å²) in [5.41, 5.74) is 5.28. The number of hydrogen-bond acceptors (Lipinski definition) is 4. The topological polar surface area (TPSA) is 90.4 Å². The van der Waals surface area contributed by atoms with Crippen LogP contribution in [0.3, 0.4) is 0 Å². The lowest BCUT2D eigenvalue weighted by Crippen LogP contribution is -2.36. The number of nitrogens with zero attached hydrogens (tertiary/aromatic N) is 2. The van der Waals surface area contributed by atoms with Gasteiger partial charge in [0.2, 0.25) is 0 Å². The van der Waals surface area contributed by atoms with Gasteiger partial charge >= 0.3 is 5.97 Å². The number of ether oxygens (including phenoxy) is 1. The molecule has 1 atom stereocenters. The lowest BCUT2D eigenvalue weighted by molar-refractivity contribution is -0.139. The Morgan fingerprint density at radius 2 is 2.40 bits per heavy atom. The Morgan fingerprint density at radius 1 is 1.73 bits per heavy atom. The second-order valence-electron chi connectivity index (χ2n) is 3.51. The van der Waals surface area contributed by atoms with E-state index in [0.717, 1.165) is 0 Å². The van der Waals surface area contributed by atoms with Crippen LogP contribution in [0.25, 0.3) is 0 Å². The van der Waals surface area contributed by atoms with Gasteiger partial charge in [-0.2, -0.15) is 5.10 Å². The quantitative estimate of drug-likeness (QED) is 0.731. The Morgan fingerprint density at radius 3 is 2.87 bits per heavy atom. The SMILES string of the molecule is CC(C)n1cc(OCC(N)C(=O)O)cn1. The molecule has 0 radical (unpaired) electrons. The van der Waals surface area contributed by atoms with E-state index in [9.17, 15) is 4.79 Å². The van der Waals surface area contributed by atoms with Crippen LogP contribution in [0.4, 0.5) is 0 Å². The number of hydrogen-bond donors (Lipinski definition) is 2. The molecule has 0 amide bonds. The third-order valence-electron chi connectivity index (χ3n) is 1.85. The van der Waals surface area contributed by atoms with Crippen molar-refractivity contribution in [3.05, 3.63) is 12.4 Å². The van der Waals surface area contributed by atoms with Crippen molar-refractivity contribution in [1.29, 1.82) is 0 Å². The standard InChI is InChI=1S/C9H15N3O3/c1-6(2)12-4-7(3-11-12)15-5-8(10)9(13)14/h3-4,6,8H,5,10H2,1-2H3,(H,13,14). The largest absolute Gasteiger partial charge is 0.488 e. The number of aliphatic carboxylic acids is 1. The monoisotopic (exact) mass is 213 g/mol. The van der Waals surface area contributed by atoms with Gasteiger partial charge in [-0.15, -0.1) is 0 Å². The Hall–Kier alpha value is -1.56. The molecular weight excluding hydrogens is 198 g/mol. The average molecular weight is 213 g/mol. The van der Waals surface area contributed by atoms with E-state index in [4.69, 9.17) is 15.6 Å². The van der Waals surface area contributed by atoms with Crippen LogP contribution in [0.1, 0.15) is 19.9 Å². The fourth-order valence-corrected chi connectivity index (χ4v) is 0.935. The molecule has 15 heavy (non-hydrogen) atoms. The van der Waals surface area contributed by atoms with E-state index in [1.165, 1.54) is 6.20 Å². The summed E-state index contributed by atoms with van der Waals surface area (Å²) >= 11 is 0. The summed E-state index contributed by atoms with van der Waals surface area (Å²) in [7, 11) is 0. The van der Waals surface area contributed by atoms with Crippen LogP contribution in [-0.4, -0.2) is 33.5 Å². The van der Waals surface area contributed by atoms with Crippen molar-refractivity contribution in [3.8, 4) is 5.75 Å². The summed E-state index contributed by atoms with van der Waals surface area (Å²) < 4.78 is 6.89. The zero-order chi connectivity index (χ0) is 11.4. The van der Waals surface area contributed by atoms with Crippen molar-refractivity contribution in [1.82, 2.24) is 9.78 Å². The van der Waals surface area contributed by atoms with Gasteiger partial charge in [-0.05, 0) is 13.8 Å². The van der Waals surface area contributed by atoms with E-state index in [1.807, 2.05) is 13.8 Å². The molecule has 0 spiro atoms. The molecule has 3 N–H and O–H groups in total. The van der Waals surface area contributed by atoms with Crippen LogP contribution in [0.2, 0.25) is 0 Å². The lowest BCUT2D eigenvalue weighted by Gasteiger charge is -2.07. The zero-order valence-electron chi connectivity index (χ0n) is 8.75. The van der Waals surface area contributed by atoms with Crippen LogP contribution < -0.4 is 10.5 Å².